The van der Waals surface area contributed by atoms with Crippen LogP contribution >= 0.6 is 0 Å². The predicted molar refractivity (Wildman–Crippen MR) is 246 cm³/mol. The Bertz CT molecular complexity index is 2770. The van der Waals surface area contributed by atoms with Crippen molar-refractivity contribution in [2.45, 2.75) is 13.8 Å². The van der Waals surface area contributed by atoms with E-state index in [1.807, 2.05) is 0 Å². The van der Waals surface area contributed by atoms with Crippen molar-refractivity contribution in [1.82, 2.24) is 0 Å². The normalized spacial score (nSPS) is 11.6. The second-order valence-electron chi connectivity index (χ2n) is 15.2. The zero-order valence-electron chi connectivity index (χ0n) is 32.7. The summed E-state index contributed by atoms with van der Waals surface area (Å²) in [5.41, 5.74) is 21.4. The fourth-order valence-corrected chi connectivity index (χ4v) is 8.58. The summed E-state index contributed by atoms with van der Waals surface area (Å²) in [5, 5.41) is 0. The quantitative estimate of drug-likeness (QED) is 0.160. The first-order valence-electron chi connectivity index (χ1n) is 20.0. The Labute approximate surface area is 341 Å². The van der Waals surface area contributed by atoms with E-state index in [0.29, 0.717) is 0 Å². The van der Waals surface area contributed by atoms with E-state index in [4.69, 9.17) is 0 Å². The van der Waals surface area contributed by atoms with E-state index in [0.717, 1.165) is 17.1 Å². The first-order valence-corrected chi connectivity index (χ1v) is 20.0. The van der Waals surface area contributed by atoms with Gasteiger partial charge in [-0.1, -0.05) is 152 Å². The molecule has 1 heterocycles. The fourth-order valence-electron chi connectivity index (χ4n) is 8.58. The second-order valence-corrected chi connectivity index (χ2v) is 15.2. The topological polar surface area (TPSA) is 6.48 Å². The zero-order chi connectivity index (χ0) is 39.0. The number of hydrogen-bond acceptors (Lipinski definition) is 2. The molecule has 1 aliphatic rings. The molecular formula is C56H42N2. The molecule has 0 saturated heterocycles. The minimum Gasteiger partial charge on any atom is -0.311 e. The lowest BCUT2D eigenvalue weighted by Gasteiger charge is -2.28. The Morgan fingerprint density at radius 3 is 1.19 bits per heavy atom. The molecule has 2 nitrogen and oxygen atoms in total. The largest absolute Gasteiger partial charge is 0.311 e. The summed E-state index contributed by atoms with van der Waals surface area (Å²) in [6.45, 7) is 4.37. The summed E-state index contributed by atoms with van der Waals surface area (Å²) in [5.74, 6) is 0. The van der Waals surface area contributed by atoms with E-state index in [1.165, 1.54) is 83.8 Å². The number of fused-ring (bicyclic) bond motifs is 5. The summed E-state index contributed by atoms with van der Waals surface area (Å²) in [6.07, 6.45) is 0. The Balaban J connectivity index is 1.06. The molecule has 0 atom stereocenters. The molecule has 0 unspecified atom stereocenters. The van der Waals surface area contributed by atoms with Gasteiger partial charge in [-0.25, -0.2) is 0 Å². The first-order chi connectivity index (χ1) is 28.6. The standard InChI is InChI=1S/C56H42N2/c1-39-35-40(2)37-50(36-39)58-55-20-12-11-19-53(55)51-17-9-10-18-52(51)54-38-46(27-34-56(54)58)45-25-32-49(33-26-45)57(47-28-21-43(22-29-47)41-13-5-3-6-14-41)48-30-23-44(24-31-48)42-15-7-4-8-16-42/h3-38H,1-2H3. The lowest BCUT2D eigenvalue weighted by atomic mass is 9.92. The van der Waals surface area contributed by atoms with Gasteiger partial charge in [0.05, 0.1) is 11.4 Å². The number of anilines is 6. The zero-order valence-corrected chi connectivity index (χ0v) is 32.7. The molecule has 9 aromatic carbocycles. The van der Waals surface area contributed by atoms with Gasteiger partial charge in [0.15, 0.2) is 0 Å². The van der Waals surface area contributed by atoms with E-state index in [2.05, 4.69) is 242 Å². The second kappa shape index (κ2) is 14.9. The lowest BCUT2D eigenvalue weighted by Crippen LogP contribution is -2.11. The molecule has 0 bridgehead atoms. The van der Waals surface area contributed by atoms with E-state index in [1.54, 1.807) is 0 Å². The average Bonchev–Trinajstić information content (AvgIpc) is 3.40. The number of aryl methyl sites for hydroxylation is 2. The van der Waals surface area contributed by atoms with Crippen LogP contribution in [0.3, 0.4) is 0 Å². The molecule has 10 rings (SSSR count). The van der Waals surface area contributed by atoms with Crippen LogP contribution in [-0.4, -0.2) is 0 Å². The molecule has 0 fully saturated rings. The number of rotatable bonds is 7. The summed E-state index contributed by atoms with van der Waals surface area (Å²) in [7, 11) is 0. The summed E-state index contributed by atoms with van der Waals surface area (Å²) >= 11 is 0. The van der Waals surface area contributed by atoms with Crippen LogP contribution in [-0.2, 0) is 0 Å². The minimum absolute atomic E-state index is 1.10. The number of hydrogen-bond donors (Lipinski definition) is 0. The van der Waals surface area contributed by atoms with Crippen LogP contribution in [0.25, 0.3) is 55.6 Å². The van der Waals surface area contributed by atoms with Crippen LogP contribution in [0.5, 0.6) is 0 Å². The molecule has 0 amide bonds. The first kappa shape index (κ1) is 35.0. The van der Waals surface area contributed by atoms with Crippen molar-refractivity contribution in [3.05, 3.63) is 230 Å². The van der Waals surface area contributed by atoms with Crippen molar-refractivity contribution >= 4 is 34.1 Å². The number of para-hydroxylation sites is 1. The molecule has 2 heteroatoms. The third kappa shape index (κ3) is 6.55. The summed E-state index contributed by atoms with van der Waals surface area (Å²) in [6, 6.07) is 79.4. The maximum Gasteiger partial charge on any atom is 0.0540 e. The monoisotopic (exact) mass is 742 g/mol. The van der Waals surface area contributed by atoms with Gasteiger partial charge in [-0.2, -0.15) is 0 Å². The summed E-state index contributed by atoms with van der Waals surface area (Å²) in [4.78, 5) is 4.79. The molecule has 0 saturated carbocycles. The summed E-state index contributed by atoms with van der Waals surface area (Å²) < 4.78 is 0. The average molecular weight is 743 g/mol. The Morgan fingerprint density at radius 2 is 0.672 bits per heavy atom. The fraction of sp³-hybridized carbons (Fsp3) is 0.0357. The molecule has 276 valence electrons. The predicted octanol–water partition coefficient (Wildman–Crippen LogP) is 15.9. The van der Waals surface area contributed by atoms with Gasteiger partial charge in [0, 0.05) is 33.9 Å². The van der Waals surface area contributed by atoms with Crippen LogP contribution in [0.2, 0.25) is 0 Å². The lowest BCUT2D eigenvalue weighted by molar-refractivity contribution is 1.26. The molecule has 0 radical (unpaired) electrons. The van der Waals surface area contributed by atoms with E-state index >= 15 is 0 Å². The Kier molecular flexibility index (Phi) is 9.01. The molecule has 0 N–H and O–H groups in total. The maximum absolute atomic E-state index is 2.45. The minimum atomic E-state index is 1.10. The van der Waals surface area contributed by atoms with Crippen LogP contribution in [0, 0.1) is 13.8 Å². The Hall–Kier alpha value is -7.42. The maximum atomic E-state index is 2.45. The molecule has 58 heavy (non-hydrogen) atoms. The van der Waals surface area contributed by atoms with E-state index in [-0.39, 0.29) is 0 Å². The molecular weight excluding hydrogens is 701 g/mol. The highest BCUT2D eigenvalue weighted by Gasteiger charge is 2.26. The van der Waals surface area contributed by atoms with Crippen molar-refractivity contribution in [1.29, 1.82) is 0 Å². The van der Waals surface area contributed by atoms with Crippen molar-refractivity contribution in [2.75, 3.05) is 9.80 Å². The third-order valence-electron chi connectivity index (χ3n) is 11.3. The van der Waals surface area contributed by atoms with Gasteiger partial charge >= 0.3 is 0 Å². The van der Waals surface area contributed by atoms with Crippen LogP contribution in [0.1, 0.15) is 11.1 Å². The van der Waals surface area contributed by atoms with E-state index < -0.39 is 0 Å². The third-order valence-corrected chi connectivity index (χ3v) is 11.3. The molecule has 9 aromatic rings. The highest BCUT2D eigenvalue weighted by molar-refractivity contribution is 6.03. The molecule has 1 aliphatic heterocycles. The van der Waals surface area contributed by atoms with Gasteiger partial charge < -0.3 is 9.80 Å². The number of nitrogens with zero attached hydrogens (tertiary/aromatic N) is 2. The van der Waals surface area contributed by atoms with Crippen molar-refractivity contribution in [3.8, 4) is 55.6 Å². The van der Waals surface area contributed by atoms with Crippen molar-refractivity contribution in [2.24, 2.45) is 0 Å². The molecule has 0 aromatic heterocycles. The van der Waals surface area contributed by atoms with Crippen molar-refractivity contribution in [3.63, 3.8) is 0 Å². The highest BCUT2D eigenvalue weighted by atomic mass is 15.2. The van der Waals surface area contributed by atoms with Crippen LogP contribution in [0.15, 0.2) is 218 Å². The van der Waals surface area contributed by atoms with Gasteiger partial charge in [-0.3, -0.25) is 0 Å². The van der Waals surface area contributed by atoms with Gasteiger partial charge in [-0.05, 0) is 136 Å². The van der Waals surface area contributed by atoms with Gasteiger partial charge in [-0.15, -0.1) is 0 Å². The SMILES string of the molecule is Cc1cc(C)cc(N2c3ccccc3-c3ccccc3-c3cc(-c4ccc(N(c5ccc(-c6ccccc6)cc5)c5ccc(-c6ccccc6)cc5)cc4)ccc32)c1. The highest BCUT2D eigenvalue weighted by Crippen LogP contribution is 2.51. The molecule has 0 spiro atoms. The molecule has 0 aliphatic carbocycles. The van der Waals surface area contributed by atoms with Gasteiger partial charge in [0.25, 0.3) is 0 Å². The smallest absolute Gasteiger partial charge is 0.0540 e. The Morgan fingerprint density at radius 1 is 0.293 bits per heavy atom. The number of benzene rings is 9. The van der Waals surface area contributed by atoms with E-state index in [9.17, 15) is 0 Å². The van der Waals surface area contributed by atoms with Gasteiger partial charge in [0.1, 0.15) is 0 Å². The van der Waals surface area contributed by atoms with Gasteiger partial charge in [0.2, 0.25) is 0 Å². The van der Waals surface area contributed by atoms with Crippen LogP contribution in [0.4, 0.5) is 34.1 Å². The van der Waals surface area contributed by atoms with Crippen molar-refractivity contribution < 1.29 is 0 Å². The van der Waals surface area contributed by atoms with Crippen LogP contribution < -0.4 is 9.80 Å².